The van der Waals surface area contributed by atoms with E-state index in [1.807, 2.05) is 6.07 Å². The van der Waals surface area contributed by atoms with Gasteiger partial charge in [-0.3, -0.25) is 0 Å². The van der Waals surface area contributed by atoms with Crippen LogP contribution in [0.1, 0.15) is 11.3 Å². The zero-order valence-electron chi connectivity index (χ0n) is 14.1. The van der Waals surface area contributed by atoms with Gasteiger partial charge in [0.05, 0.1) is 7.11 Å². The molecule has 2 N–H and O–H groups in total. The van der Waals surface area contributed by atoms with E-state index in [-0.39, 0.29) is 16.9 Å². The summed E-state index contributed by atoms with van der Waals surface area (Å²) in [6.45, 7) is 1.29. The Bertz CT molecular complexity index is 848. The van der Waals surface area contributed by atoms with Crippen LogP contribution in [0.3, 0.4) is 0 Å². The van der Waals surface area contributed by atoms with Gasteiger partial charge in [-0.15, -0.1) is 0 Å². The Morgan fingerprint density at radius 1 is 1.19 bits per heavy atom. The molecule has 144 valence electrons. The third kappa shape index (κ3) is 4.88. The summed E-state index contributed by atoms with van der Waals surface area (Å²) in [4.78, 5) is 7.22. The topological polar surface area (TPSA) is 77.5 Å². The first-order valence-electron chi connectivity index (χ1n) is 7.79. The van der Waals surface area contributed by atoms with E-state index in [4.69, 9.17) is 26.4 Å². The standard InChI is InChI=1S/C16H15F3N4O3S/c1-24-13-7-12(16(17,18)19)21-14(22-13)23-15(27)20-8-9-2-3-10-11(6-9)26-5-4-25-10/h2-3,6-7H,4-5,8H2,1H3,(H2,20,21,22,23,27). The Morgan fingerprint density at radius 2 is 1.93 bits per heavy atom. The predicted molar refractivity (Wildman–Crippen MR) is 94.1 cm³/mol. The van der Waals surface area contributed by atoms with E-state index in [9.17, 15) is 13.2 Å². The van der Waals surface area contributed by atoms with Gasteiger partial charge in [0.1, 0.15) is 13.2 Å². The van der Waals surface area contributed by atoms with Crippen LogP contribution in [0.4, 0.5) is 19.1 Å². The Kier molecular flexibility index (Phi) is 5.49. The number of nitrogens with one attached hydrogen (secondary N) is 2. The van der Waals surface area contributed by atoms with Crippen LogP contribution >= 0.6 is 12.2 Å². The van der Waals surface area contributed by atoms with Gasteiger partial charge in [0.25, 0.3) is 0 Å². The molecular weight excluding hydrogens is 385 g/mol. The summed E-state index contributed by atoms with van der Waals surface area (Å²) in [6, 6.07) is 6.11. The van der Waals surface area contributed by atoms with Gasteiger partial charge in [-0.2, -0.15) is 18.2 Å². The van der Waals surface area contributed by atoms with E-state index in [2.05, 4.69) is 20.6 Å². The van der Waals surface area contributed by atoms with Crippen molar-refractivity contribution in [2.24, 2.45) is 0 Å². The van der Waals surface area contributed by atoms with Crippen LogP contribution in [-0.4, -0.2) is 35.4 Å². The fourth-order valence-electron chi connectivity index (χ4n) is 2.26. The van der Waals surface area contributed by atoms with Gasteiger partial charge in [-0.1, -0.05) is 6.07 Å². The number of anilines is 1. The van der Waals surface area contributed by atoms with Crippen molar-refractivity contribution in [3.63, 3.8) is 0 Å². The minimum absolute atomic E-state index is 0.0614. The third-order valence-corrected chi connectivity index (χ3v) is 3.73. The molecule has 0 unspecified atom stereocenters. The van der Waals surface area contributed by atoms with Crippen LogP contribution in [0.2, 0.25) is 0 Å². The van der Waals surface area contributed by atoms with Crippen molar-refractivity contribution in [3.8, 4) is 17.4 Å². The minimum atomic E-state index is -4.63. The van der Waals surface area contributed by atoms with E-state index in [1.54, 1.807) is 12.1 Å². The maximum atomic E-state index is 12.9. The zero-order valence-corrected chi connectivity index (χ0v) is 14.9. The number of nitrogens with zero attached hydrogens (tertiary/aromatic N) is 2. The molecule has 1 aromatic carbocycles. The highest BCUT2D eigenvalue weighted by Gasteiger charge is 2.34. The summed E-state index contributed by atoms with van der Waals surface area (Å²) in [5.74, 6) is 0.747. The summed E-state index contributed by atoms with van der Waals surface area (Å²) >= 11 is 5.09. The lowest BCUT2D eigenvalue weighted by atomic mass is 10.2. The molecule has 27 heavy (non-hydrogen) atoms. The number of methoxy groups -OCH3 is 1. The van der Waals surface area contributed by atoms with Crippen molar-refractivity contribution in [3.05, 3.63) is 35.5 Å². The number of fused-ring (bicyclic) bond motifs is 1. The van der Waals surface area contributed by atoms with Gasteiger partial charge in [0, 0.05) is 12.6 Å². The molecule has 2 aromatic rings. The Balaban J connectivity index is 1.64. The van der Waals surface area contributed by atoms with Gasteiger partial charge in [0.2, 0.25) is 11.8 Å². The molecule has 0 radical (unpaired) electrons. The number of hydrogen-bond acceptors (Lipinski definition) is 6. The molecule has 0 saturated heterocycles. The van der Waals surface area contributed by atoms with Crippen LogP contribution in [0.5, 0.6) is 17.4 Å². The molecule has 2 heterocycles. The van der Waals surface area contributed by atoms with E-state index in [0.717, 1.165) is 5.56 Å². The number of rotatable bonds is 4. The second-order valence-electron chi connectivity index (χ2n) is 5.40. The van der Waals surface area contributed by atoms with Crippen LogP contribution < -0.4 is 24.8 Å². The molecule has 0 aliphatic carbocycles. The predicted octanol–water partition coefficient (Wildman–Crippen LogP) is 2.76. The highest BCUT2D eigenvalue weighted by molar-refractivity contribution is 7.80. The molecule has 0 fully saturated rings. The second-order valence-corrected chi connectivity index (χ2v) is 5.81. The van der Waals surface area contributed by atoms with Gasteiger partial charge in [0.15, 0.2) is 22.3 Å². The molecule has 3 rings (SSSR count). The summed E-state index contributed by atoms with van der Waals surface area (Å²) in [6.07, 6.45) is -4.63. The van der Waals surface area contributed by atoms with Crippen LogP contribution in [-0.2, 0) is 12.7 Å². The van der Waals surface area contributed by atoms with E-state index in [1.165, 1.54) is 7.11 Å². The SMILES string of the molecule is COc1cc(C(F)(F)F)nc(NC(=S)NCc2ccc3c(c2)OCCO3)n1. The molecule has 0 amide bonds. The fraction of sp³-hybridized carbons (Fsp3) is 0.312. The maximum Gasteiger partial charge on any atom is 0.433 e. The molecule has 11 heteroatoms. The van der Waals surface area contributed by atoms with Gasteiger partial charge < -0.3 is 24.8 Å². The number of ether oxygens (including phenoxy) is 3. The Hall–Kier alpha value is -2.82. The highest BCUT2D eigenvalue weighted by Crippen LogP contribution is 2.31. The van der Waals surface area contributed by atoms with Crippen molar-refractivity contribution < 1.29 is 27.4 Å². The molecule has 0 bridgehead atoms. The molecular formula is C16H15F3N4O3S. The smallest absolute Gasteiger partial charge is 0.433 e. The Morgan fingerprint density at radius 3 is 2.63 bits per heavy atom. The lowest BCUT2D eigenvalue weighted by Crippen LogP contribution is -2.29. The number of benzene rings is 1. The highest BCUT2D eigenvalue weighted by atomic mass is 32.1. The number of thiocarbonyl (C=S) groups is 1. The summed E-state index contributed by atoms with van der Waals surface area (Å²) < 4.78 is 54.4. The van der Waals surface area contributed by atoms with Gasteiger partial charge >= 0.3 is 6.18 Å². The van der Waals surface area contributed by atoms with Crippen molar-refractivity contribution in [1.82, 2.24) is 15.3 Å². The van der Waals surface area contributed by atoms with E-state index in [0.29, 0.717) is 37.3 Å². The van der Waals surface area contributed by atoms with Crippen LogP contribution in [0.25, 0.3) is 0 Å². The van der Waals surface area contributed by atoms with Crippen molar-refractivity contribution in [1.29, 1.82) is 0 Å². The summed E-state index contributed by atoms with van der Waals surface area (Å²) in [5.41, 5.74) is -0.280. The average Bonchev–Trinajstić information content (AvgIpc) is 2.65. The maximum absolute atomic E-state index is 12.9. The summed E-state index contributed by atoms with van der Waals surface area (Å²) in [5, 5.41) is 5.46. The first-order valence-corrected chi connectivity index (χ1v) is 8.19. The molecule has 1 aliphatic heterocycles. The first-order chi connectivity index (χ1) is 12.8. The molecule has 0 spiro atoms. The average molecular weight is 400 g/mol. The van der Waals surface area contributed by atoms with E-state index >= 15 is 0 Å². The first kappa shape index (κ1) is 19.0. The normalized spacial score (nSPS) is 13.0. The molecule has 1 aromatic heterocycles. The number of halogens is 3. The third-order valence-electron chi connectivity index (χ3n) is 3.49. The van der Waals surface area contributed by atoms with Gasteiger partial charge in [-0.05, 0) is 29.9 Å². The number of hydrogen-bond donors (Lipinski definition) is 2. The monoisotopic (exact) mass is 400 g/mol. The van der Waals surface area contributed by atoms with Crippen molar-refractivity contribution in [2.45, 2.75) is 12.7 Å². The molecule has 1 aliphatic rings. The zero-order chi connectivity index (χ0) is 19.4. The molecule has 7 nitrogen and oxygen atoms in total. The van der Waals surface area contributed by atoms with Crippen molar-refractivity contribution >= 4 is 23.3 Å². The fourth-order valence-corrected chi connectivity index (χ4v) is 2.42. The molecule has 0 saturated carbocycles. The summed E-state index contributed by atoms with van der Waals surface area (Å²) in [7, 11) is 1.21. The second kappa shape index (κ2) is 7.82. The number of alkyl halides is 3. The van der Waals surface area contributed by atoms with Crippen molar-refractivity contribution in [2.75, 3.05) is 25.6 Å². The Labute approximate surface area is 157 Å². The number of aromatic nitrogens is 2. The lowest BCUT2D eigenvalue weighted by molar-refractivity contribution is -0.141. The lowest BCUT2D eigenvalue weighted by Gasteiger charge is -2.19. The van der Waals surface area contributed by atoms with Crippen LogP contribution in [0, 0.1) is 0 Å². The quantitative estimate of drug-likeness (QED) is 0.759. The largest absolute Gasteiger partial charge is 0.486 e. The molecule has 0 atom stereocenters. The van der Waals surface area contributed by atoms with Gasteiger partial charge in [-0.25, -0.2) is 4.98 Å². The van der Waals surface area contributed by atoms with E-state index < -0.39 is 11.9 Å². The minimum Gasteiger partial charge on any atom is -0.486 e. The van der Waals surface area contributed by atoms with Crippen LogP contribution in [0.15, 0.2) is 24.3 Å².